The molecule has 0 saturated carbocycles. The normalized spacial score (nSPS) is 11.7. The molecular weight excluding hydrogens is 445 g/mol. The third-order valence-electron chi connectivity index (χ3n) is 3.74. The van der Waals surface area contributed by atoms with Crippen LogP contribution >= 0.6 is 34.8 Å². The minimum Gasteiger partial charge on any atom is -0.478 e. The van der Waals surface area contributed by atoms with Gasteiger partial charge in [-0.15, -0.1) is 5.10 Å². The van der Waals surface area contributed by atoms with Crippen LogP contribution in [0.3, 0.4) is 0 Å². The number of nitro groups is 1. The SMILES string of the molecule is O=C(O)c1ccc(NC(=C(C(Cl)=C(Cl)Cl)[N+](=O)[O-])n2nnc3ccccc32)cc1. The quantitative estimate of drug-likeness (QED) is 0.318. The zero-order valence-corrected chi connectivity index (χ0v) is 16.5. The molecule has 29 heavy (non-hydrogen) atoms. The second kappa shape index (κ2) is 8.48. The predicted octanol–water partition coefficient (Wildman–Crippen LogP) is 4.53. The van der Waals surface area contributed by atoms with Crippen LogP contribution in [0, 0.1) is 10.1 Å². The van der Waals surface area contributed by atoms with E-state index in [1.165, 1.54) is 28.9 Å². The lowest BCUT2D eigenvalue weighted by Gasteiger charge is -2.12. The number of carbonyl (C=O) groups is 1. The Bertz CT molecular complexity index is 1170. The Kier molecular flexibility index (Phi) is 6.02. The van der Waals surface area contributed by atoms with Gasteiger partial charge in [-0.05, 0) is 36.4 Å². The average molecular weight is 455 g/mol. The van der Waals surface area contributed by atoms with E-state index in [-0.39, 0.29) is 11.4 Å². The van der Waals surface area contributed by atoms with E-state index in [0.717, 1.165) is 0 Å². The number of hydrogen-bond acceptors (Lipinski definition) is 6. The van der Waals surface area contributed by atoms with Crippen molar-refractivity contribution < 1.29 is 14.8 Å². The van der Waals surface area contributed by atoms with Gasteiger partial charge in [0.05, 0.1) is 16.0 Å². The highest BCUT2D eigenvalue weighted by Crippen LogP contribution is 2.31. The molecular formula is C17H10Cl3N5O4. The van der Waals surface area contributed by atoms with Crippen molar-refractivity contribution in [3.05, 3.63) is 79.4 Å². The molecule has 0 aliphatic heterocycles. The topological polar surface area (TPSA) is 123 Å². The Balaban J connectivity index is 2.23. The van der Waals surface area contributed by atoms with Crippen molar-refractivity contribution in [1.29, 1.82) is 0 Å². The molecule has 0 radical (unpaired) electrons. The van der Waals surface area contributed by atoms with Gasteiger partial charge < -0.3 is 10.4 Å². The van der Waals surface area contributed by atoms with E-state index in [0.29, 0.717) is 16.7 Å². The van der Waals surface area contributed by atoms with Crippen molar-refractivity contribution in [2.75, 3.05) is 5.32 Å². The lowest BCUT2D eigenvalue weighted by molar-refractivity contribution is -0.419. The molecule has 1 heterocycles. The summed E-state index contributed by atoms with van der Waals surface area (Å²) in [4.78, 5) is 22.1. The number of hydrogen-bond donors (Lipinski definition) is 2. The maximum absolute atomic E-state index is 11.8. The lowest BCUT2D eigenvalue weighted by atomic mass is 10.2. The van der Waals surface area contributed by atoms with Crippen LogP contribution in [-0.4, -0.2) is 31.0 Å². The van der Waals surface area contributed by atoms with Gasteiger partial charge in [-0.2, -0.15) is 4.68 Å². The summed E-state index contributed by atoms with van der Waals surface area (Å²) >= 11 is 17.4. The molecule has 3 aromatic rings. The number of nitrogens with one attached hydrogen (secondary N) is 1. The number of fused-ring (bicyclic) bond motifs is 1. The number of allylic oxidation sites excluding steroid dienone is 1. The monoisotopic (exact) mass is 453 g/mol. The Morgan fingerprint density at radius 3 is 2.34 bits per heavy atom. The number of aromatic carboxylic acids is 1. The van der Waals surface area contributed by atoms with Crippen molar-refractivity contribution in [3.8, 4) is 0 Å². The Morgan fingerprint density at radius 1 is 1.10 bits per heavy atom. The summed E-state index contributed by atoms with van der Waals surface area (Å²) in [6.45, 7) is 0. The van der Waals surface area contributed by atoms with Gasteiger partial charge in [-0.3, -0.25) is 10.1 Å². The number of anilines is 1. The molecule has 148 valence electrons. The van der Waals surface area contributed by atoms with E-state index in [4.69, 9.17) is 39.9 Å². The third-order valence-corrected chi connectivity index (χ3v) is 4.68. The highest BCUT2D eigenvalue weighted by Gasteiger charge is 2.28. The first-order valence-corrected chi connectivity index (χ1v) is 8.94. The van der Waals surface area contributed by atoms with Crippen molar-refractivity contribution in [3.63, 3.8) is 0 Å². The van der Waals surface area contributed by atoms with Gasteiger partial charge in [-0.1, -0.05) is 52.1 Å². The van der Waals surface area contributed by atoms with E-state index in [1.807, 2.05) is 0 Å². The first-order valence-electron chi connectivity index (χ1n) is 7.80. The Hall–Kier alpha value is -3.14. The van der Waals surface area contributed by atoms with E-state index >= 15 is 0 Å². The number of carboxylic acids is 1. The van der Waals surface area contributed by atoms with Crippen molar-refractivity contribution >= 4 is 63.3 Å². The van der Waals surface area contributed by atoms with Gasteiger partial charge in [0.15, 0.2) is 5.03 Å². The van der Waals surface area contributed by atoms with Crippen LogP contribution in [0.15, 0.2) is 63.8 Å². The fourth-order valence-corrected chi connectivity index (χ4v) is 2.78. The minimum atomic E-state index is -1.11. The summed E-state index contributed by atoms with van der Waals surface area (Å²) < 4.78 is 0.667. The Morgan fingerprint density at radius 2 is 1.76 bits per heavy atom. The first kappa shape index (κ1) is 20.6. The van der Waals surface area contributed by atoms with Crippen molar-refractivity contribution in [2.24, 2.45) is 0 Å². The molecule has 1 aromatic heterocycles. The predicted molar refractivity (Wildman–Crippen MR) is 109 cm³/mol. The molecule has 0 amide bonds. The van der Waals surface area contributed by atoms with Gasteiger partial charge in [0, 0.05) is 5.69 Å². The largest absolute Gasteiger partial charge is 0.478 e. The third kappa shape index (κ3) is 4.32. The second-order valence-electron chi connectivity index (χ2n) is 5.53. The number of carboxylic acid groups (broad SMARTS) is 1. The molecule has 0 saturated heterocycles. The highest BCUT2D eigenvalue weighted by molar-refractivity contribution is 6.59. The van der Waals surface area contributed by atoms with Crippen LogP contribution in [0.5, 0.6) is 0 Å². The van der Waals surface area contributed by atoms with Crippen molar-refractivity contribution in [1.82, 2.24) is 15.0 Å². The number of para-hydroxylation sites is 1. The fraction of sp³-hybridized carbons (Fsp3) is 0. The highest BCUT2D eigenvalue weighted by atomic mass is 35.5. The summed E-state index contributed by atoms with van der Waals surface area (Å²) in [6, 6.07) is 12.3. The van der Waals surface area contributed by atoms with Gasteiger partial charge in [0.2, 0.25) is 5.82 Å². The molecule has 9 nitrogen and oxygen atoms in total. The first-order chi connectivity index (χ1) is 13.8. The van der Waals surface area contributed by atoms with Gasteiger partial charge >= 0.3 is 11.7 Å². The van der Waals surface area contributed by atoms with E-state index in [2.05, 4.69) is 15.6 Å². The van der Waals surface area contributed by atoms with Crippen LogP contribution in [0.25, 0.3) is 16.9 Å². The van der Waals surface area contributed by atoms with E-state index in [9.17, 15) is 14.9 Å². The number of nitrogens with zero attached hydrogens (tertiary/aromatic N) is 4. The second-order valence-corrected chi connectivity index (χ2v) is 6.85. The number of aromatic nitrogens is 3. The smallest absolute Gasteiger partial charge is 0.335 e. The molecule has 0 atom stereocenters. The maximum Gasteiger partial charge on any atom is 0.335 e. The van der Waals surface area contributed by atoms with Crippen molar-refractivity contribution in [2.45, 2.75) is 0 Å². The molecule has 3 rings (SSSR count). The lowest BCUT2D eigenvalue weighted by Crippen LogP contribution is -2.16. The fourth-order valence-electron chi connectivity index (χ4n) is 2.44. The van der Waals surface area contributed by atoms with Gasteiger partial charge in [-0.25, -0.2) is 4.79 Å². The van der Waals surface area contributed by atoms with Gasteiger partial charge in [0.25, 0.3) is 0 Å². The Labute approximate surface area is 177 Å². The van der Waals surface area contributed by atoms with Crippen LogP contribution < -0.4 is 5.32 Å². The molecule has 0 bridgehead atoms. The average Bonchev–Trinajstić information content (AvgIpc) is 3.11. The molecule has 2 aromatic carbocycles. The number of halogens is 3. The zero-order chi connectivity index (χ0) is 21.1. The summed E-state index contributed by atoms with van der Waals surface area (Å²) in [6.07, 6.45) is 0. The summed E-state index contributed by atoms with van der Waals surface area (Å²) in [5.74, 6) is -1.30. The molecule has 0 aliphatic carbocycles. The zero-order valence-electron chi connectivity index (χ0n) is 14.2. The van der Waals surface area contributed by atoms with Gasteiger partial charge in [0.1, 0.15) is 10.0 Å². The number of rotatable bonds is 6. The number of benzene rings is 2. The van der Waals surface area contributed by atoms with E-state index < -0.39 is 26.1 Å². The summed E-state index contributed by atoms with van der Waals surface area (Å²) in [5, 5.41) is 31.1. The standard InChI is InChI=1S/C17H10Cl3N5O4/c18-13(15(19)20)14(25(28)29)16(21-10-7-5-9(6-8-10)17(26)27)24-12-4-2-1-3-11(12)22-23-24/h1-8,21H,(H,26,27). The molecule has 12 heteroatoms. The van der Waals surface area contributed by atoms with Crippen LogP contribution in [-0.2, 0) is 0 Å². The van der Waals surface area contributed by atoms with Crippen LogP contribution in [0.1, 0.15) is 10.4 Å². The van der Waals surface area contributed by atoms with Crippen LogP contribution in [0.4, 0.5) is 5.69 Å². The molecule has 0 unspecified atom stereocenters. The minimum absolute atomic E-state index is 0.0449. The summed E-state index contributed by atoms with van der Waals surface area (Å²) in [5.41, 5.74) is 0.659. The van der Waals surface area contributed by atoms with E-state index in [1.54, 1.807) is 24.3 Å². The molecule has 0 fully saturated rings. The summed E-state index contributed by atoms with van der Waals surface area (Å²) in [7, 11) is 0. The van der Waals surface area contributed by atoms with Crippen LogP contribution in [0.2, 0.25) is 0 Å². The maximum atomic E-state index is 11.8. The molecule has 2 N–H and O–H groups in total. The molecule has 0 spiro atoms. The molecule has 0 aliphatic rings.